The van der Waals surface area contributed by atoms with Crippen LogP contribution >= 0.6 is 11.3 Å². The molecular weight excluding hydrogens is 222 g/mol. The molecular formula is C12H17NO2S. The van der Waals surface area contributed by atoms with Gasteiger partial charge in [0.15, 0.2) is 5.69 Å². The second-order valence-corrected chi connectivity index (χ2v) is 5.02. The van der Waals surface area contributed by atoms with Crippen LogP contribution in [0, 0.1) is 0 Å². The summed E-state index contributed by atoms with van der Waals surface area (Å²) in [5.74, 6) is 0.280. The van der Waals surface area contributed by atoms with E-state index in [0.717, 1.165) is 5.01 Å². The predicted octanol–water partition coefficient (Wildman–Crippen LogP) is 3.37. The third-order valence-corrected chi connectivity index (χ3v) is 3.97. The molecule has 1 aromatic rings. The smallest absolute Gasteiger partial charge is 0.357 e. The van der Waals surface area contributed by atoms with Crippen molar-refractivity contribution in [2.75, 3.05) is 6.61 Å². The van der Waals surface area contributed by atoms with Gasteiger partial charge in [0.05, 0.1) is 11.6 Å². The maximum Gasteiger partial charge on any atom is 0.357 e. The lowest BCUT2D eigenvalue weighted by atomic mass is 9.90. The van der Waals surface area contributed by atoms with E-state index in [4.69, 9.17) is 4.74 Å². The van der Waals surface area contributed by atoms with E-state index in [0.29, 0.717) is 18.2 Å². The first-order chi connectivity index (χ1) is 7.81. The highest BCUT2D eigenvalue weighted by molar-refractivity contribution is 7.09. The highest BCUT2D eigenvalue weighted by Gasteiger charge is 2.20. The van der Waals surface area contributed by atoms with E-state index in [9.17, 15) is 4.79 Å². The van der Waals surface area contributed by atoms with Gasteiger partial charge in [-0.1, -0.05) is 19.3 Å². The molecule has 0 aromatic carbocycles. The van der Waals surface area contributed by atoms with Crippen LogP contribution in [0.1, 0.15) is 60.4 Å². The molecule has 0 aliphatic heterocycles. The zero-order valence-electron chi connectivity index (χ0n) is 9.57. The van der Waals surface area contributed by atoms with Gasteiger partial charge in [-0.3, -0.25) is 0 Å². The van der Waals surface area contributed by atoms with Crippen molar-refractivity contribution in [3.63, 3.8) is 0 Å². The third kappa shape index (κ3) is 2.61. The highest BCUT2D eigenvalue weighted by Crippen LogP contribution is 2.34. The number of nitrogens with zero attached hydrogens (tertiary/aromatic N) is 1. The Labute approximate surface area is 99.8 Å². The number of hydrogen-bond acceptors (Lipinski definition) is 4. The van der Waals surface area contributed by atoms with Crippen molar-refractivity contribution in [1.82, 2.24) is 4.98 Å². The summed E-state index contributed by atoms with van der Waals surface area (Å²) < 4.78 is 4.93. The summed E-state index contributed by atoms with van der Waals surface area (Å²) in [6.45, 7) is 2.22. The van der Waals surface area contributed by atoms with Crippen molar-refractivity contribution in [2.24, 2.45) is 0 Å². The molecule has 1 fully saturated rings. The Morgan fingerprint density at radius 2 is 2.25 bits per heavy atom. The maximum absolute atomic E-state index is 11.5. The molecule has 1 aliphatic rings. The zero-order chi connectivity index (χ0) is 11.4. The Hall–Kier alpha value is -0.900. The van der Waals surface area contributed by atoms with Crippen molar-refractivity contribution in [3.05, 3.63) is 16.1 Å². The molecule has 16 heavy (non-hydrogen) atoms. The van der Waals surface area contributed by atoms with Crippen molar-refractivity contribution in [3.8, 4) is 0 Å². The number of carbonyl (C=O) groups is 1. The molecule has 0 atom stereocenters. The van der Waals surface area contributed by atoms with E-state index in [2.05, 4.69) is 4.98 Å². The Kier molecular flexibility index (Phi) is 3.93. The number of thiazole rings is 1. The SMILES string of the molecule is CCOC(=O)c1csc(C2CCCCC2)n1. The van der Waals surface area contributed by atoms with Crippen molar-refractivity contribution < 1.29 is 9.53 Å². The minimum Gasteiger partial charge on any atom is -0.461 e. The number of esters is 1. The van der Waals surface area contributed by atoms with E-state index in [1.54, 1.807) is 11.3 Å². The summed E-state index contributed by atoms with van der Waals surface area (Å²) in [6, 6.07) is 0. The number of hydrogen-bond donors (Lipinski definition) is 0. The standard InChI is InChI=1S/C12H17NO2S/c1-2-15-12(14)10-8-16-11(13-10)9-6-4-3-5-7-9/h8-9H,2-7H2,1H3. The van der Waals surface area contributed by atoms with Gasteiger partial charge < -0.3 is 4.74 Å². The quantitative estimate of drug-likeness (QED) is 0.759. The first-order valence-electron chi connectivity index (χ1n) is 5.93. The fraction of sp³-hybridized carbons (Fsp3) is 0.667. The molecule has 1 heterocycles. The first-order valence-corrected chi connectivity index (χ1v) is 6.81. The van der Waals surface area contributed by atoms with Gasteiger partial charge in [0.1, 0.15) is 0 Å². The monoisotopic (exact) mass is 239 g/mol. The van der Waals surface area contributed by atoms with E-state index < -0.39 is 0 Å². The molecule has 1 aromatic heterocycles. The van der Waals surface area contributed by atoms with Crippen LogP contribution in [0.25, 0.3) is 0 Å². The Morgan fingerprint density at radius 1 is 1.50 bits per heavy atom. The molecule has 4 heteroatoms. The third-order valence-electron chi connectivity index (χ3n) is 2.96. The van der Waals surface area contributed by atoms with Crippen LogP contribution < -0.4 is 0 Å². The lowest BCUT2D eigenvalue weighted by molar-refractivity contribution is 0.0520. The largest absolute Gasteiger partial charge is 0.461 e. The molecule has 0 radical (unpaired) electrons. The molecule has 0 N–H and O–H groups in total. The van der Waals surface area contributed by atoms with E-state index in [1.165, 1.54) is 32.1 Å². The van der Waals surface area contributed by atoms with Crippen LogP contribution in [0.15, 0.2) is 5.38 Å². The van der Waals surface area contributed by atoms with Crippen molar-refractivity contribution in [1.29, 1.82) is 0 Å². The summed E-state index contributed by atoms with van der Waals surface area (Å²) in [5.41, 5.74) is 0.479. The van der Waals surface area contributed by atoms with Gasteiger partial charge in [-0.15, -0.1) is 11.3 Å². The Balaban J connectivity index is 2.03. The molecule has 0 unspecified atom stereocenters. The van der Waals surface area contributed by atoms with Crippen molar-refractivity contribution >= 4 is 17.3 Å². The summed E-state index contributed by atoms with van der Waals surface area (Å²) in [7, 11) is 0. The number of aromatic nitrogens is 1. The van der Waals surface area contributed by atoms with Gasteiger partial charge in [0.25, 0.3) is 0 Å². The molecule has 0 amide bonds. The highest BCUT2D eigenvalue weighted by atomic mass is 32.1. The lowest BCUT2D eigenvalue weighted by Gasteiger charge is -2.18. The van der Waals surface area contributed by atoms with E-state index in [-0.39, 0.29) is 5.97 Å². The molecule has 0 saturated heterocycles. The summed E-state index contributed by atoms with van der Waals surface area (Å²) in [6.07, 6.45) is 6.36. The van der Waals surface area contributed by atoms with E-state index >= 15 is 0 Å². The van der Waals surface area contributed by atoms with Gasteiger partial charge in [-0.05, 0) is 19.8 Å². The van der Waals surface area contributed by atoms with Crippen LogP contribution in [0.3, 0.4) is 0 Å². The van der Waals surface area contributed by atoms with Gasteiger partial charge in [-0.2, -0.15) is 0 Å². The first kappa shape index (κ1) is 11.6. The molecule has 0 bridgehead atoms. The number of carbonyl (C=O) groups excluding carboxylic acids is 1. The zero-order valence-corrected chi connectivity index (χ0v) is 10.4. The summed E-state index contributed by atoms with van der Waals surface area (Å²) in [5, 5.41) is 2.94. The maximum atomic E-state index is 11.5. The Bertz CT molecular complexity index is 356. The normalized spacial score (nSPS) is 17.3. The van der Waals surface area contributed by atoms with Crippen LogP contribution in [0.4, 0.5) is 0 Å². The fourth-order valence-electron chi connectivity index (χ4n) is 2.12. The average Bonchev–Trinajstić information content (AvgIpc) is 2.80. The minimum absolute atomic E-state index is 0.291. The van der Waals surface area contributed by atoms with Crippen molar-refractivity contribution in [2.45, 2.75) is 44.9 Å². The summed E-state index contributed by atoms with van der Waals surface area (Å²) in [4.78, 5) is 15.9. The predicted molar refractivity (Wildman–Crippen MR) is 63.9 cm³/mol. The number of ether oxygens (including phenoxy) is 1. The minimum atomic E-state index is -0.291. The fourth-order valence-corrected chi connectivity index (χ4v) is 3.08. The molecule has 88 valence electrons. The molecule has 1 aliphatic carbocycles. The van der Waals surface area contributed by atoms with Crippen LogP contribution in [0.5, 0.6) is 0 Å². The molecule has 2 rings (SSSR count). The lowest BCUT2D eigenvalue weighted by Crippen LogP contribution is -2.07. The molecule has 3 nitrogen and oxygen atoms in total. The van der Waals surface area contributed by atoms with Gasteiger partial charge in [0, 0.05) is 11.3 Å². The second kappa shape index (κ2) is 5.43. The van der Waals surface area contributed by atoms with Crippen LogP contribution in [0.2, 0.25) is 0 Å². The topological polar surface area (TPSA) is 39.2 Å². The van der Waals surface area contributed by atoms with E-state index in [1.807, 2.05) is 12.3 Å². The molecule has 1 saturated carbocycles. The van der Waals surface area contributed by atoms with Crippen LogP contribution in [-0.4, -0.2) is 17.6 Å². The summed E-state index contributed by atoms with van der Waals surface area (Å²) >= 11 is 1.60. The van der Waals surface area contributed by atoms with Crippen LogP contribution in [-0.2, 0) is 4.74 Å². The van der Waals surface area contributed by atoms with Gasteiger partial charge in [0.2, 0.25) is 0 Å². The second-order valence-electron chi connectivity index (χ2n) is 4.13. The molecule has 0 spiro atoms. The Morgan fingerprint density at radius 3 is 2.94 bits per heavy atom. The van der Waals surface area contributed by atoms with Gasteiger partial charge >= 0.3 is 5.97 Å². The van der Waals surface area contributed by atoms with Gasteiger partial charge in [-0.25, -0.2) is 9.78 Å². The average molecular weight is 239 g/mol. The number of rotatable bonds is 3.